The standard InChI is InChI=1S/C38H66N2O10/c1-2-3-4-5-6-7-8-9-16-23-33(44)40-29(27-49-38-37(48)36(47)35(46)31(26-41)50-38)34(45)30(42)22-18-24-32(43)39-25-17-11-10-13-19-28-20-14-12-15-21-28/h12,14-15,20-21,29-31,34-38,41-42,45-48H,2-11,13,16-19,22-27H2,1H3,(H,39,43)(H,40,44)/t29-,30+,31+,34-,35-,36-,37+,38-/m0/s1. The van der Waals surface area contributed by atoms with E-state index >= 15 is 0 Å². The maximum atomic E-state index is 12.8. The van der Waals surface area contributed by atoms with Gasteiger partial charge >= 0.3 is 0 Å². The van der Waals surface area contributed by atoms with Gasteiger partial charge in [0.05, 0.1) is 25.4 Å². The molecule has 1 aromatic rings. The third-order valence-electron chi connectivity index (χ3n) is 9.41. The number of carbonyl (C=O) groups is 2. The highest BCUT2D eigenvalue weighted by atomic mass is 16.7. The number of unbranched alkanes of at least 4 members (excludes halogenated alkanes) is 11. The summed E-state index contributed by atoms with van der Waals surface area (Å²) in [6.07, 6.45) is 5.57. The number of ether oxygens (including phenoxy) is 2. The van der Waals surface area contributed by atoms with Crippen LogP contribution in [-0.2, 0) is 25.5 Å². The molecule has 12 nitrogen and oxygen atoms in total. The molecule has 0 aliphatic carbocycles. The number of amides is 2. The van der Waals surface area contributed by atoms with Gasteiger partial charge in [-0.25, -0.2) is 0 Å². The van der Waals surface area contributed by atoms with Crippen LogP contribution < -0.4 is 10.6 Å². The van der Waals surface area contributed by atoms with Crippen molar-refractivity contribution in [1.29, 1.82) is 0 Å². The first-order valence-electron chi connectivity index (χ1n) is 19.1. The smallest absolute Gasteiger partial charge is 0.220 e. The first kappa shape index (κ1) is 44.0. The van der Waals surface area contributed by atoms with E-state index in [1.807, 2.05) is 18.2 Å². The first-order chi connectivity index (χ1) is 24.2. The van der Waals surface area contributed by atoms with Crippen LogP contribution in [-0.4, -0.2) is 111 Å². The molecular formula is C38H66N2O10. The lowest BCUT2D eigenvalue weighted by Crippen LogP contribution is -2.60. The highest BCUT2D eigenvalue weighted by molar-refractivity contribution is 5.76. The fourth-order valence-corrected chi connectivity index (χ4v) is 6.18. The average molecular weight is 711 g/mol. The van der Waals surface area contributed by atoms with Crippen LogP contribution >= 0.6 is 0 Å². The van der Waals surface area contributed by atoms with Gasteiger partial charge in [0.1, 0.15) is 30.5 Å². The van der Waals surface area contributed by atoms with E-state index in [-0.39, 0.29) is 31.1 Å². The Morgan fingerprint density at radius 3 is 2.08 bits per heavy atom. The SMILES string of the molecule is CCCCCCCCCCCC(=O)N[C@@H](CO[C@H]1O[C@H](CO)[C@H](O)[C@H](O)[C@H]1O)[C@H](O)[C@H](O)CCCC(=O)NCCCCCCc1ccccc1. The summed E-state index contributed by atoms with van der Waals surface area (Å²) in [5, 5.41) is 67.5. The predicted octanol–water partition coefficient (Wildman–Crippen LogP) is 3.02. The van der Waals surface area contributed by atoms with Crippen LogP contribution in [0.15, 0.2) is 30.3 Å². The normalized spacial score (nSPS) is 22.5. The summed E-state index contributed by atoms with van der Waals surface area (Å²) in [5.41, 5.74) is 1.33. The van der Waals surface area contributed by atoms with Gasteiger partial charge in [-0.2, -0.15) is 0 Å². The molecule has 1 aliphatic heterocycles. The molecule has 0 radical (unpaired) electrons. The molecule has 50 heavy (non-hydrogen) atoms. The van der Waals surface area contributed by atoms with Gasteiger partial charge in [0, 0.05) is 19.4 Å². The number of hydrogen-bond donors (Lipinski definition) is 8. The van der Waals surface area contributed by atoms with Gasteiger partial charge in [0.25, 0.3) is 0 Å². The fourth-order valence-electron chi connectivity index (χ4n) is 6.18. The van der Waals surface area contributed by atoms with Crippen molar-refractivity contribution in [3.8, 4) is 0 Å². The van der Waals surface area contributed by atoms with Gasteiger partial charge < -0.3 is 50.7 Å². The molecule has 2 rings (SSSR count). The molecule has 0 saturated carbocycles. The zero-order valence-corrected chi connectivity index (χ0v) is 30.2. The monoisotopic (exact) mass is 710 g/mol. The quantitative estimate of drug-likeness (QED) is 0.0599. The summed E-state index contributed by atoms with van der Waals surface area (Å²) in [6, 6.07) is 9.26. The molecular weight excluding hydrogens is 644 g/mol. The van der Waals surface area contributed by atoms with Gasteiger partial charge in [0.2, 0.25) is 11.8 Å². The molecule has 0 aromatic heterocycles. The summed E-state index contributed by atoms with van der Waals surface area (Å²) in [4.78, 5) is 25.2. The topological polar surface area (TPSA) is 198 Å². The van der Waals surface area contributed by atoms with E-state index in [0.717, 1.165) is 51.4 Å². The van der Waals surface area contributed by atoms with E-state index in [4.69, 9.17) is 9.47 Å². The number of nitrogens with one attached hydrogen (secondary N) is 2. The highest BCUT2D eigenvalue weighted by Gasteiger charge is 2.44. The second kappa shape index (κ2) is 26.6. The van der Waals surface area contributed by atoms with E-state index in [9.17, 15) is 40.2 Å². The average Bonchev–Trinajstić information content (AvgIpc) is 3.12. The molecule has 1 fully saturated rings. The third-order valence-corrected chi connectivity index (χ3v) is 9.41. The predicted molar refractivity (Wildman–Crippen MR) is 191 cm³/mol. The van der Waals surface area contributed by atoms with Crippen LogP contribution in [0.25, 0.3) is 0 Å². The van der Waals surface area contributed by atoms with Gasteiger partial charge in [-0.15, -0.1) is 0 Å². The van der Waals surface area contributed by atoms with Crippen LogP contribution in [0.5, 0.6) is 0 Å². The first-order valence-corrected chi connectivity index (χ1v) is 19.1. The Bertz CT molecular complexity index is 1020. The number of benzene rings is 1. The molecule has 1 aliphatic rings. The molecule has 8 N–H and O–H groups in total. The van der Waals surface area contributed by atoms with Gasteiger partial charge in [-0.3, -0.25) is 9.59 Å². The number of aliphatic hydroxyl groups excluding tert-OH is 6. The van der Waals surface area contributed by atoms with Crippen LogP contribution in [0.2, 0.25) is 0 Å². The van der Waals surface area contributed by atoms with E-state index in [1.165, 1.54) is 37.7 Å². The van der Waals surface area contributed by atoms with Crippen molar-refractivity contribution in [3.63, 3.8) is 0 Å². The Morgan fingerprint density at radius 1 is 0.780 bits per heavy atom. The minimum Gasteiger partial charge on any atom is -0.394 e. The van der Waals surface area contributed by atoms with Crippen LogP contribution in [0.4, 0.5) is 0 Å². The summed E-state index contributed by atoms with van der Waals surface area (Å²) >= 11 is 0. The lowest BCUT2D eigenvalue weighted by atomic mass is 9.99. The summed E-state index contributed by atoms with van der Waals surface area (Å²) in [6.45, 7) is 1.75. The minimum absolute atomic E-state index is 0.0960. The Morgan fingerprint density at radius 2 is 1.40 bits per heavy atom. The zero-order valence-electron chi connectivity index (χ0n) is 30.2. The number of carbonyl (C=O) groups excluding carboxylic acids is 2. The summed E-state index contributed by atoms with van der Waals surface area (Å²) in [7, 11) is 0. The second-order valence-corrected chi connectivity index (χ2v) is 13.7. The fraction of sp³-hybridized carbons (Fsp3) is 0.789. The largest absolute Gasteiger partial charge is 0.394 e. The van der Waals surface area contributed by atoms with E-state index in [1.54, 1.807) is 0 Å². The van der Waals surface area contributed by atoms with Crippen molar-refractivity contribution >= 4 is 11.8 Å². The van der Waals surface area contributed by atoms with Crippen molar-refractivity contribution in [1.82, 2.24) is 10.6 Å². The maximum Gasteiger partial charge on any atom is 0.220 e. The zero-order chi connectivity index (χ0) is 36.6. The van der Waals surface area contributed by atoms with E-state index in [0.29, 0.717) is 19.4 Å². The van der Waals surface area contributed by atoms with Gasteiger partial charge in [-0.1, -0.05) is 101 Å². The summed E-state index contributed by atoms with van der Waals surface area (Å²) < 4.78 is 11.0. The number of hydrogen-bond acceptors (Lipinski definition) is 10. The molecule has 0 unspecified atom stereocenters. The maximum absolute atomic E-state index is 12.8. The number of rotatable bonds is 28. The van der Waals surface area contributed by atoms with Crippen molar-refractivity contribution in [2.24, 2.45) is 0 Å². The van der Waals surface area contributed by atoms with Crippen LogP contribution in [0, 0.1) is 0 Å². The molecule has 1 aromatic carbocycles. The third kappa shape index (κ3) is 17.9. The Balaban J connectivity index is 1.77. The second-order valence-electron chi connectivity index (χ2n) is 13.7. The Labute approximate surface area is 299 Å². The van der Waals surface area contributed by atoms with Crippen molar-refractivity contribution in [3.05, 3.63) is 35.9 Å². The van der Waals surface area contributed by atoms with Crippen molar-refractivity contribution in [2.45, 2.75) is 171 Å². The van der Waals surface area contributed by atoms with Gasteiger partial charge in [-0.05, 0) is 44.1 Å². The van der Waals surface area contributed by atoms with Gasteiger partial charge in [0.15, 0.2) is 6.29 Å². The van der Waals surface area contributed by atoms with E-state index < -0.39 is 62.2 Å². The molecule has 0 bridgehead atoms. The minimum atomic E-state index is -1.65. The molecule has 288 valence electrons. The lowest BCUT2D eigenvalue weighted by molar-refractivity contribution is -0.303. The molecule has 0 spiro atoms. The van der Waals surface area contributed by atoms with Crippen LogP contribution in [0.1, 0.15) is 122 Å². The van der Waals surface area contributed by atoms with Crippen LogP contribution in [0.3, 0.4) is 0 Å². The van der Waals surface area contributed by atoms with E-state index in [2.05, 4.69) is 29.7 Å². The lowest BCUT2D eigenvalue weighted by Gasteiger charge is -2.40. The molecule has 12 heteroatoms. The number of aliphatic hydroxyl groups is 6. The van der Waals surface area contributed by atoms with Crippen molar-refractivity contribution < 1.29 is 49.7 Å². The van der Waals surface area contributed by atoms with Crippen molar-refractivity contribution in [2.75, 3.05) is 19.8 Å². The highest BCUT2D eigenvalue weighted by Crippen LogP contribution is 2.23. The Hall–Kier alpha value is -2.16. The molecule has 8 atom stereocenters. The Kier molecular flexibility index (Phi) is 23.4. The number of aryl methyl sites for hydroxylation is 1. The molecule has 1 saturated heterocycles. The molecule has 1 heterocycles. The summed E-state index contributed by atoms with van der Waals surface area (Å²) in [5.74, 6) is -0.464. The molecule has 2 amide bonds.